The van der Waals surface area contributed by atoms with Crippen LogP contribution >= 0.6 is 0 Å². The van der Waals surface area contributed by atoms with E-state index >= 15 is 0 Å². The number of hydrogen-bond donors (Lipinski definition) is 2. The van der Waals surface area contributed by atoms with Gasteiger partial charge in [0.15, 0.2) is 0 Å². The molecule has 0 radical (unpaired) electrons. The molecule has 0 spiro atoms. The van der Waals surface area contributed by atoms with Crippen LogP contribution in [0.2, 0.25) is 0 Å². The molecule has 0 aromatic rings. The maximum atomic E-state index is 5.75. The molecule has 1 atom stereocenters. The molecule has 0 heterocycles. The Bertz CT molecular complexity index is 181. The molecule has 2 aliphatic carbocycles. The second-order valence-corrected chi connectivity index (χ2v) is 5.55. The summed E-state index contributed by atoms with van der Waals surface area (Å²) in [5, 5.41) is 0. The van der Waals surface area contributed by atoms with Crippen LogP contribution in [0.25, 0.3) is 0 Å². The third kappa shape index (κ3) is 1.82. The SMILES string of the molecule is CC1(C(NN)C2CCC2)CCCCC1. The van der Waals surface area contributed by atoms with Gasteiger partial charge in [-0.15, -0.1) is 0 Å². The molecule has 0 bridgehead atoms. The fraction of sp³-hybridized carbons (Fsp3) is 1.00. The quantitative estimate of drug-likeness (QED) is 0.538. The predicted octanol–water partition coefficient (Wildman–Crippen LogP) is 2.59. The largest absolute Gasteiger partial charge is 0.271 e. The van der Waals surface area contributed by atoms with E-state index in [2.05, 4.69) is 12.3 Å². The zero-order valence-electron chi connectivity index (χ0n) is 9.39. The summed E-state index contributed by atoms with van der Waals surface area (Å²) < 4.78 is 0. The smallest absolute Gasteiger partial charge is 0.0292 e. The summed E-state index contributed by atoms with van der Waals surface area (Å²) >= 11 is 0. The van der Waals surface area contributed by atoms with Crippen molar-refractivity contribution in [1.82, 2.24) is 5.43 Å². The Balaban J connectivity index is 2.00. The van der Waals surface area contributed by atoms with Gasteiger partial charge in [0.2, 0.25) is 0 Å². The van der Waals surface area contributed by atoms with Crippen molar-refractivity contribution in [3.8, 4) is 0 Å². The first-order valence-electron chi connectivity index (χ1n) is 6.22. The lowest BCUT2D eigenvalue weighted by Crippen LogP contribution is -2.53. The number of nitrogens with two attached hydrogens (primary N) is 1. The van der Waals surface area contributed by atoms with Gasteiger partial charge in [0, 0.05) is 6.04 Å². The van der Waals surface area contributed by atoms with Crippen molar-refractivity contribution in [2.24, 2.45) is 17.2 Å². The summed E-state index contributed by atoms with van der Waals surface area (Å²) in [6, 6.07) is 0.580. The van der Waals surface area contributed by atoms with Crippen LogP contribution in [0.15, 0.2) is 0 Å². The van der Waals surface area contributed by atoms with Crippen LogP contribution in [-0.4, -0.2) is 6.04 Å². The van der Waals surface area contributed by atoms with E-state index in [0.717, 1.165) is 5.92 Å². The van der Waals surface area contributed by atoms with Gasteiger partial charge in [-0.05, 0) is 37.0 Å². The molecular formula is C12H24N2. The molecule has 2 saturated carbocycles. The van der Waals surface area contributed by atoms with Gasteiger partial charge in [-0.1, -0.05) is 32.6 Å². The first-order valence-corrected chi connectivity index (χ1v) is 6.22. The van der Waals surface area contributed by atoms with Gasteiger partial charge in [-0.25, -0.2) is 0 Å². The highest BCUT2D eigenvalue weighted by atomic mass is 15.2. The van der Waals surface area contributed by atoms with Gasteiger partial charge in [0.25, 0.3) is 0 Å². The van der Waals surface area contributed by atoms with E-state index in [9.17, 15) is 0 Å². The first kappa shape index (κ1) is 10.4. The summed E-state index contributed by atoms with van der Waals surface area (Å²) in [5.74, 6) is 6.61. The fourth-order valence-electron chi connectivity index (χ4n) is 3.35. The summed E-state index contributed by atoms with van der Waals surface area (Å²) in [4.78, 5) is 0. The second-order valence-electron chi connectivity index (χ2n) is 5.55. The minimum Gasteiger partial charge on any atom is -0.271 e. The van der Waals surface area contributed by atoms with E-state index in [-0.39, 0.29) is 0 Å². The summed E-state index contributed by atoms with van der Waals surface area (Å²) in [6.45, 7) is 2.44. The molecule has 2 rings (SSSR count). The molecule has 2 fully saturated rings. The summed E-state index contributed by atoms with van der Waals surface area (Å²) in [5.41, 5.74) is 3.60. The van der Waals surface area contributed by atoms with Crippen LogP contribution < -0.4 is 11.3 Å². The Kier molecular flexibility index (Phi) is 3.13. The number of rotatable bonds is 3. The molecule has 2 nitrogen and oxygen atoms in total. The van der Waals surface area contributed by atoms with Crippen molar-refractivity contribution in [2.45, 2.75) is 64.3 Å². The van der Waals surface area contributed by atoms with E-state index in [1.165, 1.54) is 51.4 Å². The molecule has 0 aliphatic heterocycles. The lowest BCUT2D eigenvalue weighted by molar-refractivity contribution is 0.0687. The molecule has 3 N–H and O–H groups in total. The van der Waals surface area contributed by atoms with Crippen LogP contribution in [0.5, 0.6) is 0 Å². The minimum atomic E-state index is 0.484. The summed E-state index contributed by atoms with van der Waals surface area (Å²) in [6.07, 6.45) is 11.2. The van der Waals surface area contributed by atoms with Crippen LogP contribution in [0.1, 0.15) is 58.3 Å². The standard InChI is InChI=1S/C12H24N2/c1-12(8-3-2-4-9-12)11(14-13)10-6-5-7-10/h10-11,14H,2-9,13H2,1H3. The number of hydrogen-bond acceptors (Lipinski definition) is 2. The van der Waals surface area contributed by atoms with E-state index < -0.39 is 0 Å². The maximum absolute atomic E-state index is 5.75. The molecule has 0 aromatic carbocycles. The molecule has 0 saturated heterocycles. The molecule has 1 unspecified atom stereocenters. The average Bonchev–Trinajstić information content (AvgIpc) is 2.12. The Hall–Kier alpha value is -0.0800. The van der Waals surface area contributed by atoms with Crippen LogP contribution in [0, 0.1) is 11.3 Å². The zero-order chi connectivity index (χ0) is 10.0. The Morgan fingerprint density at radius 3 is 2.21 bits per heavy atom. The van der Waals surface area contributed by atoms with Gasteiger partial charge >= 0.3 is 0 Å². The van der Waals surface area contributed by atoms with Gasteiger partial charge in [0.1, 0.15) is 0 Å². The third-order valence-corrected chi connectivity index (χ3v) is 4.55. The first-order chi connectivity index (χ1) is 6.76. The lowest BCUT2D eigenvalue weighted by atomic mass is 9.63. The van der Waals surface area contributed by atoms with Crippen LogP contribution in [-0.2, 0) is 0 Å². The minimum absolute atomic E-state index is 0.484. The van der Waals surface area contributed by atoms with Gasteiger partial charge in [-0.3, -0.25) is 11.3 Å². The maximum Gasteiger partial charge on any atom is 0.0292 e. The van der Waals surface area contributed by atoms with E-state index in [1.807, 2.05) is 0 Å². The Labute approximate surface area is 87.6 Å². The molecular weight excluding hydrogens is 172 g/mol. The normalized spacial score (nSPS) is 29.6. The van der Waals surface area contributed by atoms with E-state index in [4.69, 9.17) is 5.84 Å². The monoisotopic (exact) mass is 196 g/mol. The molecule has 0 aromatic heterocycles. The second kappa shape index (κ2) is 4.19. The zero-order valence-corrected chi connectivity index (χ0v) is 9.39. The number of hydrazine groups is 1. The summed E-state index contributed by atoms with van der Waals surface area (Å²) in [7, 11) is 0. The van der Waals surface area contributed by atoms with Crippen molar-refractivity contribution < 1.29 is 0 Å². The molecule has 2 aliphatic rings. The molecule has 14 heavy (non-hydrogen) atoms. The Morgan fingerprint density at radius 1 is 1.14 bits per heavy atom. The Morgan fingerprint density at radius 2 is 1.79 bits per heavy atom. The van der Waals surface area contributed by atoms with Crippen molar-refractivity contribution >= 4 is 0 Å². The highest BCUT2D eigenvalue weighted by Crippen LogP contribution is 2.45. The van der Waals surface area contributed by atoms with Crippen molar-refractivity contribution in [3.05, 3.63) is 0 Å². The lowest BCUT2D eigenvalue weighted by Gasteiger charge is -2.47. The fourth-order valence-corrected chi connectivity index (χ4v) is 3.35. The van der Waals surface area contributed by atoms with Gasteiger partial charge < -0.3 is 0 Å². The highest BCUT2D eigenvalue weighted by molar-refractivity contribution is 4.95. The highest BCUT2D eigenvalue weighted by Gasteiger charge is 2.41. The molecule has 82 valence electrons. The van der Waals surface area contributed by atoms with Crippen LogP contribution in [0.4, 0.5) is 0 Å². The van der Waals surface area contributed by atoms with E-state index in [1.54, 1.807) is 0 Å². The molecule has 0 amide bonds. The third-order valence-electron chi connectivity index (χ3n) is 4.55. The van der Waals surface area contributed by atoms with E-state index in [0.29, 0.717) is 11.5 Å². The van der Waals surface area contributed by atoms with Crippen molar-refractivity contribution in [2.75, 3.05) is 0 Å². The average molecular weight is 196 g/mol. The van der Waals surface area contributed by atoms with Gasteiger partial charge in [0.05, 0.1) is 0 Å². The molecule has 2 heteroatoms. The number of nitrogens with one attached hydrogen (secondary N) is 1. The van der Waals surface area contributed by atoms with Crippen molar-refractivity contribution in [3.63, 3.8) is 0 Å². The topological polar surface area (TPSA) is 38.0 Å². The van der Waals surface area contributed by atoms with Crippen molar-refractivity contribution in [1.29, 1.82) is 0 Å². The predicted molar refractivity (Wildman–Crippen MR) is 59.6 cm³/mol. The van der Waals surface area contributed by atoms with Crippen LogP contribution in [0.3, 0.4) is 0 Å². The van der Waals surface area contributed by atoms with Gasteiger partial charge in [-0.2, -0.15) is 0 Å².